The third-order valence-corrected chi connectivity index (χ3v) is 4.86. The standard InChI is InChI=1S/C16H30N2O2/c1-20-12-11-18-9-7-14(8-10-18)13-17-16(19)15-5-3-2-4-6-15/h14-15H,2-13H2,1H3,(H,17,19). The Hall–Kier alpha value is -0.610. The van der Waals surface area contributed by atoms with Crippen LogP contribution in [-0.2, 0) is 9.53 Å². The van der Waals surface area contributed by atoms with Gasteiger partial charge < -0.3 is 15.0 Å². The molecular weight excluding hydrogens is 252 g/mol. The molecule has 1 aliphatic carbocycles. The molecule has 0 aromatic rings. The number of nitrogens with one attached hydrogen (secondary N) is 1. The summed E-state index contributed by atoms with van der Waals surface area (Å²) >= 11 is 0. The zero-order chi connectivity index (χ0) is 14.2. The monoisotopic (exact) mass is 282 g/mol. The van der Waals surface area contributed by atoms with Crippen LogP contribution in [0.25, 0.3) is 0 Å². The van der Waals surface area contributed by atoms with Crippen LogP contribution in [0.4, 0.5) is 0 Å². The zero-order valence-corrected chi connectivity index (χ0v) is 12.9. The highest BCUT2D eigenvalue weighted by atomic mass is 16.5. The van der Waals surface area contributed by atoms with E-state index in [2.05, 4.69) is 10.2 Å². The number of piperidine rings is 1. The molecule has 2 fully saturated rings. The second-order valence-corrected chi connectivity index (χ2v) is 6.36. The number of rotatable bonds is 6. The van der Waals surface area contributed by atoms with Crippen molar-refractivity contribution in [1.29, 1.82) is 0 Å². The Kier molecular flexibility index (Phi) is 6.80. The second kappa shape index (κ2) is 8.63. The summed E-state index contributed by atoms with van der Waals surface area (Å²) in [6.45, 7) is 5.04. The fourth-order valence-corrected chi connectivity index (χ4v) is 3.39. The zero-order valence-electron chi connectivity index (χ0n) is 12.9. The predicted octanol–water partition coefficient (Wildman–Crippen LogP) is 2.04. The van der Waals surface area contributed by atoms with Gasteiger partial charge in [-0.1, -0.05) is 19.3 Å². The first-order valence-electron chi connectivity index (χ1n) is 8.28. The van der Waals surface area contributed by atoms with Gasteiger partial charge in [-0.2, -0.15) is 0 Å². The first kappa shape index (κ1) is 15.8. The van der Waals surface area contributed by atoms with Crippen molar-refractivity contribution in [2.24, 2.45) is 11.8 Å². The first-order chi connectivity index (χ1) is 9.79. The molecule has 2 rings (SSSR count). The molecule has 0 radical (unpaired) electrons. The Morgan fingerprint density at radius 1 is 1.15 bits per heavy atom. The molecule has 0 bridgehead atoms. The molecule has 1 aliphatic heterocycles. The SMILES string of the molecule is COCCN1CCC(CNC(=O)C2CCCCC2)CC1. The number of nitrogens with zero attached hydrogens (tertiary/aromatic N) is 1. The van der Waals surface area contributed by atoms with E-state index in [1.165, 1.54) is 32.1 Å². The van der Waals surface area contributed by atoms with Crippen molar-refractivity contribution in [1.82, 2.24) is 10.2 Å². The molecule has 0 spiro atoms. The Bertz CT molecular complexity index is 282. The number of likely N-dealkylation sites (tertiary alicyclic amines) is 1. The minimum absolute atomic E-state index is 0.297. The van der Waals surface area contributed by atoms with E-state index in [9.17, 15) is 4.79 Å². The fourth-order valence-electron chi connectivity index (χ4n) is 3.39. The van der Waals surface area contributed by atoms with Crippen LogP contribution in [0.15, 0.2) is 0 Å². The van der Waals surface area contributed by atoms with Crippen molar-refractivity contribution in [2.45, 2.75) is 44.9 Å². The maximum Gasteiger partial charge on any atom is 0.223 e. The van der Waals surface area contributed by atoms with Gasteiger partial charge in [-0.3, -0.25) is 4.79 Å². The molecule has 1 heterocycles. The van der Waals surface area contributed by atoms with Gasteiger partial charge in [-0.15, -0.1) is 0 Å². The number of methoxy groups -OCH3 is 1. The van der Waals surface area contributed by atoms with Crippen LogP contribution in [0.5, 0.6) is 0 Å². The number of hydrogen-bond donors (Lipinski definition) is 1. The van der Waals surface area contributed by atoms with Crippen molar-refractivity contribution in [3.8, 4) is 0 Å². The number of ether oxygens (including phenoxy) is 1. The maximum absolute atomic E-state index is 12.1. The number of carbonyl (C=O) groups is 1. The second-order valence-electron chi connectivity index (χ2n) is 6.36. The summed E-state index contributed by atoms with van der Waals surface area (Å²) in [6, 6.07) is 0. The maximum atomic E-state index is 12.1. The van der Waals surface area contributed by atoms with Crippen LogP contribution >= 0.6 is 0 Å². The van der Waals surface area contributed by atoms with E-state index in [1.807, 2.05) is 0 Å². The topological polar surface area (TPSA) is 41.6 Å². The van der Waals surface area contributed by atoms with E-state index < -0.39 is 0 Å². The molecule has 4 heteroatoms. The van der Waals surface area contributed by atoms with E-state index in [4.69, 9.17) is 4.74 Å². The summed E-state index contributed by atoms with van der Waals surface area (Å²) in [6.07, 6.45) is 8.38. The minimum atomic E-state index is 0.297. The lowest BCUT2D eigenvalue weighted by atomic mass is 9.88. The Morgan fingerprint density at radius 3 is 2.50 bits per heavy atom. The summed E-state index contributed by atoms with van der Waals surface area (Å²) in [4.78, 5) is 14.6. The van der Waals surface area contributed by atoms with Crippen molar-refractivity contribution in [3.05, 3.63) is 0 Å². The third-order valence-electron chi connectivity index (χ3n) is 4.86. The van der Waals surface area contributed by atoms with Crippen molar-refractivity contribution < 1.29 is 9.53 Å². The van der Waals surface area contributed by atoms with E-state index in [0.717, 1.165) is 45.6 Å². The molecule has 1 amide bonds. The number of carbonyl (C=O) groups excluding carboxylic acids is 1. The molecule has 0 atom stereocenters. The van der Waals surface area contributed by atoms with Gasteiger partial charge in [0.05, 0.1) is 6.61 Å². The van der Waals surface area contributed by atoms with Gasteiger partial charge in [0.25, 0.3) is 0 Å². The summed E-state index contributed by atoms with van der Waals surface area (Å²) in [7, 11) is 1.76. The smallest absolute Gasteiger partial charge is 0.223 e. The van der Waals surface area contributed by atoms with Crippen molar-refractivity contribution in [2.75, 3.05) is 39.9 Å². The van der Waals surface area contributed by atoms with Gasteiger partial charge >= 0.3 is 0 Å². The summed E-state index contributed by atoms with van der Waals surface area (Å²) in [5.74, 6) is 1.28. The normalized spacial score (nSPS) is 22.9. The minimum Gasteiger partial charge on any atom is -0.383 e. The molecule has 116 valence electrons. The lowest BCUT2D eigenvalue weighted by Gasteiger charge is -2.32. The predicted molar refractivity (Wildman–Crippen MR) is 80.6 cm³/mol. The van der Waals surface area contributed by atoms with E-state index in [-0.39, 0.29) is 0 Å². The molecule has 0 aromatic carbocycles. The highest BCUT2D eigenvalue weighted by Gasteiger charge is 2.23. The molecule has 1 saturated heterocycles. The Balaban J connectivity index is 1.59. The molecule has 2 aliphatic rings. The van der Waals surface area contributed by atoms with Gasteiger partial charge in [-0.05, 0) is 44.7 Å². The van der Waals surface area contributed by atoms with Gasteiger partial charge in [0.15, 0.2) is 0 Å². The fraction of sp³-hybridized carbons (Fsp3) is 0.938. The molecule has 4 nitrogen and oxygen atoms in total. The van der Waals surface area contributed by atoms with Crippen molar-refractivity contribution >= 4 is 5.91 Å². The van der Waals surface area contributed by atoms with E-state index in [1.54, 1.807) is 7.11 Å². The third kappa shape index (κ3) is 5.06. The summed E-state index contributed by atoms with van der Waals surface area (Å²) < 4.78 is 5.12. The van der Waals surface area contributed by atoms with Crippen LogP contribution in [-0.4, -0.2) is 50.7 Å². The lowest BCUT2D eigenvalue weighted by Crippen LogP contribution is -2.41. The summed E-state index contributed by atoms with van der Waals surface area (Å²) in [5, 5.41) is 3.20. The van der Waals surface area contributed by atoms with Gasteiger partial charge in [0.1, 0.15) is 0 Å². The van der Waals surface area contributed by atoms with E-state index in [0.29, 0.717) is 17.7 Å². The number of amides is 1. The van der Waals surface area contributed by atoms with Gasteiger partial charge in [0.2, 0.25) is 5.91 Å². The van der Waals surface area contributed by atoms with Crippen LogP contribution in [0, 0.1) is 11.8 Å². The lowest BCUT2D eigenvalue weighted by molar-refractivity contribution is -0.126. The quantitative estimate of drug-likeness (QED) is 0.810. The molecule has 1 N–H and O–H groups in total. The van der Waals surface area contributed by atoms with E-state index >= 15 is 0 Å². The molecular formula is C16H30N2O2. The average molecular weight is 282 g/mol. The first-order valence-corrected chi connectivity index (χ1v) is 8.28. The highest BCUT2D eigenvalue weighted by molar-refractivity contribution is 5.78. The Labute approximate surface area is 123 Å². The van der Waals surface area contributed by atoms with Gasteiger partial charge in [0, 0.05) is 26.1 Å². The molecule has 0 aromatic heterocycles. The molecule has 0 unspecified atom stereocenters. The van der Waals surface area contributed by atoms with Crippen LogP contribution in [0.2, 0.25) is 0 Å². The van der Waals surface area contributed by atoms with Crippen molar-refractivity contribution in [3.63, 3.8) is 0 Å². The number of hydrogen-bond acceptors (Lipinski definition) is 3. The molecule has 20 heavy (non-hydrogen) atoms. The average Bonchev–Trinajstić information content (AvgIpc) is 2.52. The van der Waals surface area contributed by atoms with Crippen LogP contribution < -0.4 is 5.32 Å². The van der Waals surface area contributed by atoms with Crippen LogP contribution in [0.3, 0.4) is 0 Å². The molecule has 1 saturated carbocycles. The highest BCUT2D eigenvalue weighted by Crippen LogP contribution is 2.24. The summed E-state index contributed by atoms with van der Waals surface area (Å²) in [5.41, 5.74) is 0. The Morgan fingerprint density at radius 2 is 1.85 bits per heavy atom. The van der Waals surface area contributed by atoms with Gasteiger partial charge in [-0.25, -0.2) is 0 Å². The largest absolute Gasteiger partial charge is 0.383 e. The van der Waals surface area contributed by atoms with Crippen LogP contribution in [0.1, 0.15) is 44.9 Å².